The Kier molecular flexibility index (Phi) is 4.73. The van der Waals surface area contributed by atoms with Crippen molar-refractivity contribution in [3.63, 3.8) is 0 Å². The highest BCUT2D eigenvalue weighted by atomic mass is 32.1. The van der Waals surface area contributed by atoms with Crippen LogP contribution in [0, 0.1) is 0 Å². The molecule has 3 aromatic rings. The summed E-state index contributed by atoms with van der Waals surface area (Å²) in [7, 11) is 1.78. The molecule has 3 aromatic heterocycles. The Bertz CT molecular complexity index is 774. The normalized spacial score (nSPS) is 10.5. The molecule has 0 aliphatic rings. The monoisotopic (exact) mass is 324 g/mol. The molecule has 0 saturated carbocycles. The first-order valence-electron chi connectivity index (χ1n) is 7.21. The van der Waals surface area contributed by atoms with Gasteiger partial charge in [-0.1, -0.05) is 6.07 Å². The van der Waals surface area contributed by atoms with E-state index < -0.39 is 0 Å². The highest BCUT2D eigenvalue weighted by molar-refractivity contribution is 7.13. The lowest BCUT2D eigenvalue weighted by Crippen LogP contribution is -2.28. The lowest BCUT2D eigenvalue weighted by Gasteiger charge is -2.15. The number of carbonyl (C=O) groups is 1. The fourth-order valence-electron chi connectivity index (χ4n) is 2.12. The average molecular weight is 324 g/mol. The molecule has 1 amide bonds. The largest absolute Gasteiger partial charge is 0.340 e. The Balaban J connectivity index is 1.63. The smallest absolute Gasteiger partial charge is 0.228 e. The third-order valence-corrected chi connectivity index (χ3v) is 4.28. The van der Waals surface area contributed by atoms with Gasteiger partial charge < -0.3 is 4.90 Å². The van der Waals surface area contributed by atoms with Crippen LogP contribution in [0.4, 0.5) is 0 Å². The summed E-state index contributed by atoms with van der Waals surface area (Å²) in [5.41, 5.74) is 2.63. The Morgan fingerprint density at radius 3 is 2.83 bits per heavy atom. The second kappa shape index (κ2) is 7.11. The summed E-state index contributed by atoms with van der Waals surface area (Å²) in [5, 5.41) is 2.81. The topological polar surface area (TPSA) is 59.0 Å². The van der Waals surface area contributed by atoms with Gasteiger partial charge in [0, 0.05) is 36.6 Å². The van der Waals surface area contributed by atoms with Crippen molar-refractivity contribution in [2.75, 3.05) is 7.05 Å². The maximum absolute atomic E-state index is 12.3. The molecule has 0 fully saturated rings. The molecule has 0 atom stereocenters. The molecular weight excluding hydrogens is 308 g/mol. The van der Waals surface area contributed by atoms with E-state index >= 15 is 0 Å². The molecule has 3 heterocycles. The maximum atomic E-state index is 12.3. The van der Waals surface area contributed by atoms with E-state index in [0.29, 0.717) is 13.0 Å². The van der Waals surface area contributed by atoms with Crippen molar-refractivity contribution in [1.82, 2.24) is 19.9 Å². The van der Waals surface area contributed by atoms with Crippen LogP contribution in [-0.2, 0) is 17.8 Å². The minimum Gasteiger partial charge on any atom is -0.340 e. The number of likely N-dealkylation sites (N-methyl/N-ethyl adjacent to an activating group) is 1. The zero-order chi connectivity index (χ0) is 16.1. The highest BCUT2D eigenvalue weighted by Gasteiger charge is 2.13. The average Bonchev–Trinajstić information content (AvgIpc) is 3.05. The fourth-order valence-corrected chi connectivity index (χ4v) is 2.93. The quantitative estimate of drug-likeness (QED) is 0.724. The van der Waals surface area contributed by atoms with Gasteiger partial charge in [0.05, 0.1) is 24.4 Å². The van der Waals surface area contributed by atoms with Crippen LogP contribution in [0.15, 0.2) is 54.3 Å². The zero-order valence-corrected chi connectivity index (χ0v) is 13.5. The Hall–Kier alpha value is -2.60. The lowest BCUT2D eigenvalue weighted by atomic mass is 10.2. The van der Waals surface area contributed by atoms with Crippen molar-refractivity contribution in [3.05, 3.63) is 65.7 Å². The van der Waals surface area contributed by atoms with E-state index in [4.69, 9.17) is 0 Å². The van der Waals surface area contributed by atoms with Crippen molar-refractivity contribution in [1.29, 1.82) is 0 Å². The summed E-state index contributed by atoms with van der Waals surface area (Å²) in [6.45, 7) is 0.499. The van der Waals surface area contributed by atoms with Crippen molar-refractivity contribution in [2.45, 2.75) is 13.0 Å². The number of hydrogen-bond acceptors (Lipinski definition) is 5. The zero-order valence-electron chi connectivity index (χ0n) is 12.7. The molecule has 0 unspecified atom stereocenters. The van der Waals surface area contributed by atoms with E-state index in [1.807, 2.05) is 35.7 Å². The number of hydrogen-bond donors (Lipinski definition) is 0. The minimum atomic E-state index is 0.0266. The second-order valence-electron chi connectivity index (χ2n) is 5.13. The molecule has 23 heavy (non-hydrogen) atoms. The minimum absolute atomic E-state index is 0.0266. The van der Waals surface area contributed by atoms with Crippen molar-refractivity contribution >= 4 is 17.2 Å². The molecule has 0 saturated heterocycles. The lowest BCUT2D eigenvalue weighted by molar-refractivity contribution is -0.129. The number of nitrogens with zero attached hydrogens (tertiary/aromatic N) is 4. The summed E-state index contributed by atoms with van der Waals surface area (Å²) < 4.78 is 0. The molecule has 0 aliphatic heterocycles. The molecule has 6 heteroatoms. The third kappa shape index (κ3) is 3.98. The highest BCUT2D eigenvalue weighted by Crippen LogP contribution is 2.23. The van der Waals surface area contributed by atoms with Gasteiger partial charge in [-0.15, -0.1) is 11.3 Å². The standard InChI is InChI=1S/C17H16N4OS/c1-21(11-14-6-2-3-8-19-14)16(22)9-15-12-23-17(20-15)13-5-4-7-18-10-13/h2-8,10,12H,9,11H2,1H3. The van der Waals surface area contributed by atoms with Crippen molar-refractivity contribution < 1.29 is 4.79 Å². The van der Waals surface area contributed by atoms with Gasteiger partial charge in [0.15, 0.2) is 0 Å². The van der Waals surface area contributed by atoms with E-state index in [-0.39, 0.29) is 5.91 Å². The molecule has 0 radical (unpaired) electrons. The van der Waals surface area contributed by atoms with E-state index in [2.05, 4.69) is 15.0 Å². The van der Waals surface area contributed by atoms with E-state index in [0.717, 1.165) is 22.0 Å². The van der Waals surface area contributed by atoms with Gasteiger partial charge >= 0.3 is 0 Å². The Morgan fingerprint density at radius 2 is 2.09 bits per heavy atom. The van der Waals surface area contributed by atoms with Gasteiger partial charge in [0.25, 0.3) is 0 Å². The predicted octanol–water partition coefficient (Wildman–Crippen LogP) is 2.80. The van der Waals surface area contributed by atoms with Crippen LogP contribution in [0.2, 0.25) is 0 Å². The number of pyridine rings is 2. The van der Waals surface area contributed by atoms with Gasteiger partial charge in [0.2, 0.25) is 5.91 Å². The molecule has 116 valence electrons. The van der Waals surface area contributed by atoms with Crippen LogP contribution in [0.3, 0.4) is 0 Å². The van der Waals surface area contributed by atoms with Crippen LogP contribution < -0.4 is 0 Å². The third-order valence-electron chi connectivity index (χ3n) is 3.34. The number of amides is 1. The molecule has 0 bridgehead atoms. The van der Waals surface area contributed by atoms with Gasteiger partial charge in [-0.2, -0.15) is 0 Å². The summed E-state index contributed by atoms with van der Waals surface area (Å²) in [4.78, 5) is 26.8. The summed E-state index contributed by atoms with van der Waals surface area (Å²) >= 11 is 1.53. The number of aromatic nitrogens is 3. The van der Waals surface area contributed by atoms with Gasteiger partial charge in [0.1, 0.15) is 5.01 Å². The van der Waals surface area contributed by atoms with Crippen LogP contribution >= 0.6 is 11.3 Å². The Morgan fingerprint density at radius 1 is 1.17 bits per heavy atom. The first kappa shape index (κ1) is 15.3. The number of thiazole rings is 1. The predicted molar refractivity (Wildman–Crippen MR) is 89.8 cm³/mol. The molecular formula is C17H16N4OS. The SMILES string of the molecule is CN(Cc1ccccn1)C(=O)Cc1csc(-c2cccnc2)n1. The summed E-state index contributed by atoms with van der Waals surface area (Å²) in [6.07, 6.45) is 5.53. The van der Waals surface area contributed by atoms with E-state index in [1.165, 1.54) is 11.3 Å². The molecule has 5 nitrogen and oxygen atoms in total. The fraction of sp³-hybridized carbons (Fsp3) is 0.176. The van der Waals surface area contributed by atoms with Crippen LogP contribution in [-0.4, -0.2) is 32.8 Å². The first-order valence-corrected chi connectivity index (χ1v) is 8.09. The number of rotatable bonds is 5. The van der Waals surface area contributed by atoms with E-state index in [9.17, 15) is 4.79 Å². The molecule has 3 rings (SSSR count). The van der Waals surface area contributed by atoms with Gasteiger partial charge in [-0.05, 0) is 24.3 Å². The van der Waals surface area contributed by atoms with Crippen molar-refractivity contribution in [3.8, 4) is 10.6 Å². The maximum Gasteiger partial charge on any atom is 0.228 e. The molecule has 0 N–H and O–H groups in total. The summed E-state index contributed by atoms with van der Waals surface area (Å²) in [5.74, 6) is 0.0266. The molecule has 0 aromatic carbocycles. The van der Waals surface area contributed by atoms with Gasteiger partial charge in [-0.25, -0.2) is 4.98 Å². The van der Waals surface area contributed by atoms with Crippen LogP contribution in [0.25, 0.3) is 10.6 Å². The Labute approximate surface area is 138 Å². The van der Waals surface area contributed by atoms with E-state index in [1.54, 1.807) is 30.5 Å². The van der Waals surface area contributed by atoms with Crippen LogP contribution in [0.1, 0.15) is 11.4 Å². The number of carbonyl (C=O) groups excluding carboxylic acids is 1. The summed E-state index contributed by atoms with van der Waals surface area (Å²) in [6, 6.07) is 9.53. The van der Waals surface area contributed by atoms with Crippen LogP contribution in [0.5, 0.6) is 0 Å². The second-order valence-corrected chi connectivity index (χ2v) is 5.99. The van der Waals surface area contributed by atoms with Crippen molar-refractivity contribution in [2.24, 2.45) is 0 Å². The van der Waals surface area contributed by atoms with Gasteiger partial charge in [-0.3, -0.25) is 14.8 Å². The molecule has 0 spiro atoms. The first-order chi connectivity index (χ1) is 11.2. The molecule has 0 aliphatic carbocycles.